The first-order valence-electron chi connectivity index (χ1n) is 8.62. The highest BCUT2D eigenvalue weighted by Crippen LogP contribution is 2.20. The third-order valence-corrected chi connectivity index (χ3v) is 4.47. The SMILES string of the molecule is Cc1ccc(-n2cnnn2)cc1NC(=O)Cc1nn(C)c(=O)c2ccccc12. The predicted octanol–water partition coefficient (Wildman–Crippen LogP) is 1.40. The summed E-state index contributed by atoms with van der Waals surface area (Å²) in [4.78, 5) is 24.9. The highest BCUT2D eigenvalue weighted by molar-refractivity contribution is 5.96. The van der Waals surface area contributed by atoms with Crippen LogP contribution in [0.3, 0.4) is 0 Å². The number of hydrogen-bond donors (Lipinski definition) is 1. The molecule has 0 radical (unpaired) electrons. The summed E-state index contributed by atoms with van der Waals surface area (Å²) in [7, 11) is 1.58. The van der Waals surface area contributed by atoms with E-state index in [1.54, 1.807) is 31.3 Å². The molecule has 9 nitrogen and oxygen atoms in total. The molecule has 2 heterocycles. The lowest BCUT2D eigenvalue weighted by Crippen LogP contribution is -2.24. The average molecular weight is 375 g/mol. The van der Waals surface area contributed by atoms with Crippen molar-refractivity contribution in [2.24, 2.45) is 7.05 Å². The Bertz CT molecular complexity index is 1230. The molecule has 2 aromatic heterocycles. The lowest BCUT2D eigenvalue weighted by atomic mass is 10.1. The van der Waals surface area contributed by atoms with Gasteiger partial charge in [-0.05, 0) is 41.1 Å². The Morgan fingerprint density at radius 2 is 1.93 bits per heavy atom. The third-order valence-electron chi connectivity index (χ3n) is 4.47. The molecule has 0 spiro atoms. The Balaban J connectivity index is 1.63. The largest absolute Gasteiger partial charge is 0.325 e. The minimum absolute atomic E-state index is 0.0448. The molecule has 1 N–H and O–H groups in total. The number of nitrogens with one attached hydrogen (secondary N) is 1. The van der Waals surface area contributed by atoms with E-state index in [0.29, 0.717) is 22.2 Å². The van der Waals surface area contributed by atoms with Crippen LogP contribution in [0.5, 0.6) is 0 Å². The number of anilines is 1. The van der Waals surface area contributed by atoms with Gasteiger partial charge >= 0.3 is 0 Å². The molecule has 0 saturated heterocycles. The maximum absolute atomic E-state index is 12.7. The van der Waals surface area contributed by atoms with Gasteiger partial charge in [0.1, 0.15) is 6.33 Å². The van der Waals surface area contributed by atoms with Gasteiger partial charge in [-0.3, -0.25) is 9.59 Å². The summed E-state index contributed by atoms with van der Waals surface area (Å²) in [6.07, 6.45) is 1.53. The van der Waals surface area contributed by atoms with Crippen LogP contribution in [0.15, 0.2) is 53.6 Å². The first-order valence-corrected chi connectivity index (χ1v) is 8.62. The van der Waals surface area contributed by atoms with Crippen LogP contribution in [0.2, 0.25) is 0 Å². The molecule has 0 unspecified atom stereocenters. The van der Waals surface area contributed by atoms with Crippen molar-refractivity contribution in [2.45, 2.75) is 13.3 Å². The fraction of sp³-hybridized carbons (Fsp3) is 0.158. The summed E-state index contributed by atoms with van der Waals surface area (Å²) >= 11 is 0. The number of aromatic nitrogens is 6. The standard InChI is InChI=1S/C19H17N7O2/c1-12-7-8-13(26-11-20-23-24-26)9-16(12)21-18(27)10-17-14-5-3-4-6-15(14)19(28)25(2)22-17/h3-9,11H,10H2,1-2H3,(H,21,27). The fourth-order valence-corrected chi connectivity index (χ4v) is 3.02. The van der Waals surface area contributed by atoms with Crippen LogP contribution in [-0.2, 0) is 18.3 Å². The van der Waals surface area contributed by atoms with Gasteiger partial charge in [-0.1, -0.05) is 24.3 Å². The number of hydrogen-bond acceptors (Lipinski definition) is 6. The van der Waals surface area contributed by atoms with Crippen LogP contribution in [0.1, 0.15) is 11.3 Å². The van der Waals surface area contributed by atoms with E-state index in [4.69, 9.17) is 0 Å². The van der Waals surface area contributed by atoms with Crippen LogP contribution in [-0.4, -0.2) is 35.9 Å². The van der Waals surface area contributed by atoms with Crippen molar-refractivity contribution in [3.63, 3.8) is 0 Å². The normalized spacial score (nSPS) is 10.9. The summed E-state index contributed by atoms with van der Waals surface area (Å²) in [6, 6.07) is 12.7. The van der Waals surface area contributed by atoms with Crippen molar-refractivity contribution < 1.29 is 4.79 Å². The van der Waals surface area contributed by atoms with Gasteiger partial charge < -0.3 is 5.32 Å². The first-order chi connectivity index (χ1) is 13.5. The molecule has 9 heteroatoms. The summed E-state index contributed by atoms with van der Waals surface area (Å²) in [5.74, 6) is -0.228. The molecule has 4 aromatic rings. The molecule has 0 bridgehead atoms. The minimum atomic E-state index is -0.228. The van der Waals surface area contributed by atoms with Gasteiger partial charge in [0.05, 0.1) is 23.2 Å². The Kier molecular flexibility index (Phi) is 4.40. The Labute approximate surface area is 159 Å². The van der Waals surface area contributed by atoms with E-state index in [2.05, 4.69) is 25.9 Å². The van der Waals surface area contributed by atoms with Gasteiger partial charge in [0.15, 0.2) is 0 Å². The van der Waals surface area contributed by atoms with Gasteiger partial charge in [-0.2, -0.15) is 5.10 Å². The zero-order valence-electron chi connectivity index (χ0n) is 15.3. The molecule has 0 aliphatic rings. The molecule has 0 atom stereocenters. The van der Waals surface area contributed by atoms with Crippen LogP contribution >= 0.6 is 0 Å². The smallest absolute Gasteiger partial charge is 0.274 e. The molecule has 0 aliphatic heterocycles. The van der Waals surface area contributed by atoms with Crippen LogP contribution in [0.25, 0.3) is 16.5 Å². The Hall–Kier alpha value is -3.88. The van der Waals surface area contributed by atoms with Gasteiger partial charge in [-0.15, -0.1) is 5.10 Å². The molecular weight excluding hydrogens is 358 g/mol. The highest BCUT2D eigenvalue weighted by Gasteiger charge is 2.13. The molecule has 1 amide bonds. The number of carbonyl (C=O) groups is 1. The number of aryl methyl sites for hydroxylation is 2. The van der Waals surface area contributed by atoms with Gasteiger partial charge in [0, 0.05) is 18.1 Å². The van der Waals surface area contributed by atoms with E-state index in [0.717, 1.165) is 11.3 Å². The quantitative estimate of drug-likeness (QED) is 0.578. The van der Waals surface area contributed by atoms with Crippen molar-refractivity contribution in [1.82, 2.24) is 30.0 Å². The Morgan fingerprint density at radius 3 is 2.68 bits per heavy atom. The molecule has 4 rings (SSSR count). The lowest BCUT2D eigenvalue weighted by Gasteiger charge is -2.11. The zero-order valence-corrected chi connectivity index (χ0v) is 15.3. The van der Waals surface area contributed by atoms with Crippen LogP contribution in [0.4, 0.5) is 5.69 Å². The number of tetrazole rings is 1. The molecule has 0 aliphatic carbocycles. The number of benzene rings is 2. The number of fused-ring (bicyclic) bond motifs is 1. The fourth-order valence-electron chi connectivity index (χ4n) is 3.02. The van der Waals surface area contributed by atoms with Crippen molar-refractivity contribution in [2.75, 3.05) is 5.32 Å². The van der Waals surface area contributed by atoms with Crippen molar-refractivity contribution >= 4 is 22.4 Å². The highest BCUT2D eigenvalue weighted by atomic mass is 16.1. The average Bonchev–Trinajstić information content (AvgIpc) is 3.22. The van der Waals surface area contributed by atoms with Crippen molar-refractivity contribution in [3.8, 4) is 5.69 Å². The van der Waals surface area contributed by atoms with Gasteiger partial charge in [0.2, 0.25) is 5.91 Å². The van der Waals surface area contributed by atoms with E-state index in [-0.39, 0.29) is 17.9 Å². The second-order valence-corrected chi connectivity index (χ2v) is 6.40. The second-order valence-electron chi connectivity index (χ2n) is 6.40. The summed E-state index contributed by atoms with van der Waals surface area (Å²) in [5, 5.41) is 19.5. The maximum Gasteiger partial charge on any atom is 0.274 e. The molecule has 28 heavy (non-hydrogen) atoms. The maximum atomic E-state index is 12.7. The van der Waals surface area contributed by atoms with E-state index in [9.17, 15) is 9.59 Å². The van der Waals surface area contributed by atoms with Gasteiger partial charge in [-0.25, -0.2) is 9.36 Å². The second kappa shape index (κ2) is 7.03. The van der Waals surface area contributed by atoms with E-state index < -0.39 is 0 Å². The number of amides is 1. The zero-order chi connectivity index (χ0) is 19.7. The number of rotatable bonds is 4. The van der Waals surface area contributed by atoms with E-state index in [1.165, 1.54) is 15.7 Å². The molecule has 0 fully saturated rings. The summed E-state index contributed by atoms with van der Waals surface area (Å²) in [6.45, 7) is 1.90. The number of nitrogens with zero attached hydrogens (tertiary/aromatic N) is 6. The summed E-state index contributed by atoms with van der Waals surface area (Å²) in [5.41, 5.74) is 2.65. The lowest BCUT2D eigenvalue weighted by molar-refractivity contribution is -0.115. The monoisotopic (exact) mass is 375 g/mol. The Morgan fingerprint density at radius 1 is 1.14 bits per heavy atom. The minimum Gasteiger partial charge on any atom is -0.325 e. The van der Waals surface area contributed by atoms with Crippen LogP contribution in [0, 0.1) is 6.92 Å². The van der Waals surface area contributed by atoms with Crippen molar-refractivity contribution in [3.05, 3.63) is 70.4 Å². The molecular formula is C19H17N7O2. The van der Waals surface area contributed by atoms with Crippen LogP contribution < -0.4 is 10.9 Å². The predicted molar refractivity (Wildman–Crippen MR) is 103 cm³/mol. The number of carbonyl (C=O) groups excluding carboxylic acids is 1. The van der Waals surface area contributed by atoms with E-state index in [1.807, 2.05) is 25.1 Å². The molecule has 140 valence electrons. The topological polar surface area (TPSA) is 108 Å². The first kappa shape index (κ1) is 17.5. The van der Waals surface area contributed by atoms with E-state index >= 15 is 0 Å². The third kappa shape index (κ3) is 3.25. The summed E-state index contributed by atoms with van der Waals surface area (Å²) < 4.78 is 2.77. The molecule has 2 aromatic carbocycles. The molecule has 0 saturated carbocycles. The van der Waals surface area contributed by atoms with Gasteiger partial charge in [0.25, 0.3) is 5.56 Å². The van der Waals surface area contributed by atoms with Crippen molar-refractivity contribution in [1.29, 1.82) is 0 Å².